The Bertz CT molecular complexity index is 837. The number of amides is 1. The number of unbranched alkanes of at least 4 members (excludes halogenated alkanes) is 30. The number of phenolic OH excluding ortho intramolecular Hbond substituents is 3. The maximum absolute atomic E-state index is 13.4. The fraction of sp³-hybridized carbons (Fsp3) is 0.837. The van der Waals surface area contributed by atoms with E-state index >= 15 is 0 Å². The molecule has 0 unspecified atom stereocenters. The molecule has 280 valence electrons. The summed E-state index contributed by atoms with van der Waals surface area (Å²) in [6.07, 6.45) is 42.2. The largest absolute Gasteiger partial charge is 0.507 e. The summed E-state index contributed by atoms with van der Waals surface area (Å²) < 4.78 is 0. The highest BCUT2D eigenvalue weighted by Gasteiger charge is 2.21. The lowest BCUT2D eigenvalue weighted by molar-refractivity contribution is 0.0745. The van der Waals surface area contributed by atoms with Gasteiger partial charge in [-0.3, -0.25) is 4.79 Å². The Labute approximate surface area is 297 Å². The van der Waals surface area contributed by atoms with Crippen molar-refractivity contribution in [1.82, 2.24) is 4.90 Å². The van der Waals surface area contributed by atoms with Crippen molar-refractivity contribution in [3.05, 3.63) is 17.7 Å². The predicted molar refractivity (Wildman–Crippen MR) is 206 cm³/mol. The molecule has 1 aromatic carbocycles. The zero-order valence-electron chi connectivity index (χ0n) is 31.9. The molecule has 0 aliphatic heterocycles. The molecular weight excluding hydrogens is 594 g/mol. The third-order valence-corrected chi connectivity index (χ3v) is 10.2. The summed E-state index contributed by atoms with van der Waals surface area (Å²) >= 11 is 0. The molecule has 5 nitrogen and oxygen atoms in total. The van der Waals surface area contributed by atoms with Crippen LogP contribution in [0.15, 0.2) is 12.1 Å². The average Bonchev–Trinajstić information content (AvgIpc) is 3.08. The van der Waals surface area contributed by atoms with E-state index in [-0.39, 0.29) is 23.0 Å². The lowest BCUT2D eigenvalue weighted by Gasteiger charge is -2.23. The van der Waals surface area contributed by atoms with Crippen LogP contribution < -0.4 is 0 Å². The van der Waals surface area contributed by atoms with E-state index in [1.165, 1.54) is 186 Å². The molecule has 1 aromatic rings. The molecule has 0 aliphatic rings. The van der Waals surface area contributed by atoms with Crippen LogP contribution in [0, 0.1) is 0 Å². The van der Waals surface area contributed by atoms with E-state index in [0.717, 1.165) is 31.7 Å². The number of nitrogens with zero attached hydrogens (tertiary/aromatic N) is 1. The first kappa shape index (κ1) is 44.1. The van der Waals surface area contributed by atoms with Gasteiger partial charge in [0.15, 0.2) is 11.5 Å². The Kier molecular flexibility index (Phi) is 29.7. The van der Waals surface area contributed by atoms with Gasteiger partial charge < -0.3 is 20.2 Å². The van der Waals surface area contributed by atoms with Crippen molar-refractivity contribution in [3.63, 3.8) is 0 Å². The highest BCUT2D eigenvalue weighted by molar-refractivity contribution is 5.97. The van der Waals surface area contributed by atoms with Gasteiger partial charge in [-0.15, -0.1) is 0 Å². The van der Waals surface area contributed by atoms with Gasteiger partial charge in [0, 0.05) is 25.2 Å². The molecule has 5 heteroatoms. The number of benzene rings is 1. The first-order chi connectivity index (χ1) is 23.5. The molecule has 0 aromatic heterocycles. The summed E-state index contributed by atoms with van der Waals surface area (Å²) in [6, 6.07) is 2.26. The van der Waals surface area contributed by atoms with Crippen LogP contribution in [0.4, 0.5) is 0 Å². The Morgan fingerprint density at radius 3 is 0.938 bits per heavy atom. The zero-order valence-corrected chi connectivity index (χ0v) is 31.9. The molecule has 0 atom stereocenters. The molecule has 0 aliphatic carbocycles. The molecule has 0 saturated carbocycles. The van der Waals surface area contributed by atoms with Crippen molar-refractivity contribution in [1.29, 1.82) is 0 Å². The van der Waals surface area contributed by atoms with Gasteiger partial charge in [-0.2, -0.15) is 0 Å². The Hall–Kier alpha value is -1.91. The molecule has 48 heavy (non-hydrogen) atoms. The molecule has 0 spiro atoms. The van der Waals surface area contributed by atoms with E-state index in [4.69, 9.17) is 0 Å². The van der Waals surface area contributed by atoms with E-state index in [9.17, 15) is 20.1 Å². The molecule has 0 fully saturated rings. The van der Waals surface area contributed by atoms with E-state index in [1.54, 1.807) is 0 Å². The number of hydrogen-bond donors (Lipinski definition) is 3. The fourth-order valence-electron chi connectivity index (χ4n) is 6.92. The molecule has 0 saturated heterocycles. The SMILES string of the molecule is CCCCCCCCCCCCCCCCCCN(CCCCCCCCCCCCCCCCCC)C(=O)c1cc(O)c(O)cc1O. The lowest BCUT2D eigenvalue weighted by Crippen LogP contribution is -2.33. The highest BCUT2D eigenvalue weighted by atomic mass is 16.3. The second-order valence-electron chi connectivity index (χ2n) is 14.8. The monoisotopic (exact) mass is 674 g/mol. The van der Waals surface area contributed by atoms with Crippen molar-refractivity contribution in [2.45, 2.75) is 219 Å². The summed E-state index contributed by atoms with van der Waals surface area (Å²) in [6.45, 7) is 5.88. The Morgan fingerprint density at radius 2 is 0.646 bits per heavy atom. The fourth-order valence-corrected chi connectivity index (χ4v) is 6.92. The third kappa shape index (κ3) is 24.3. The number of carbonyl (C=O) groups excluding carboxylic acids is 1. The van der Waals surface area contributed by atoms with Gasteiger partial charge in [0.05, 0.1) is 5.56 Å². The van der Waals surface area contributed by atoms with E-state index in [1.807, 2.05) is 4.90 Å². The van der Waals surface area contributed by atoms with Gasteiger partial charge in [-0.1, -0.05) is 206 Å². The Balaban J connectivity index is 2.21. The van der Waals surface area contributed by atoms with Gasteiger partial charge in [-0.05, 0) is 12.8 Å². The summed E-state index contributed by atoms with van der Waals surface area (Å²) in [5.74, 6) is -1.32. The molecule has 0 radical (unpaired) electrons. The summed E-state index contributed by atoms with van der Waals surface area (Å²) in [4.78, 5) is 15.2. The second kappa shape index (κ2) is 32.3. The minimum Gasteiger partial charge on any atom is -0.507 e. The minimum atomic E-state index is -0.411. The first-order valence-electron chi connectivity index (χ1n) is 21.0. The van der Waals surface area contributed by atoms with E-state index in [0.29, 0.717) is 13.1 Å². The van der Waals surface area contributed by atoms with Crippen LogP contribution in [-0.2, 0) is 0 Å². The standard InChI is InChI=1S/C43H79NO4/c1-3-5-7-9-11-13-15-17-19-21-23-25-27-29-31-33-35-44(43(48)39-37-41(46)42(47)38-40(39)45)36-34-32-30-28-26-24-22-20-18-16-14-12-10-8-6-4-2/h37-38,45-47H,3-36H2,1-2H3. The predicted octanol–water partition coefficient (Wildman–Crippen LogP) is 13.8. The quantitative estimate of drug-likeness (QED) is 0.0380. The van der Waals surface area contributed by atoms with Crippen molar-refractivity contribution < 1.29 is 20.1 Å². The van der Waals surface area contributed by atoms with Gasteiger partial charge >= 0.3 is 0 Å². The molecule has 0 bridgehead atoms. The molecular formula is C43H79NO4. The summed E-state index contributed by atoms with van der Waals surface area (Å²) in [5.41, 5.74) is 0.0679. The van der Waals surface area contributed by atoms with Crippen LogP contribution in [0.3, 0.4) is 0 Å². The van der Waals surface area contributed by atoms with Crippen LogP contribution in [0.1, 0.15) is 230 Å². The van der Waals surface area contributed by atoms with Gasteiger partial charge in [0.2, 0.25) is 0 Å². The number of aromatic hydroxyl groups is 3. The van der Waals surface area contributed by atoms with Crippen molar-refractivity contribution in [3.8, 4) is 17.2 Å². The van der Waals surface area contributed by atoms with Crippen LogP contribution in [-0.4, -0.2) is 39.2 Å². The lowest BCUT2D eigenvalue weighted by atomic mass is 10.0. The molecule has 3 N–H and O–H groups in total. The molecule has 1 amide bonds. The highest BCUT2D eigenvalue weighted by Crippen LogP contribution is 2.33. The average molecular weight is 674 g/mol. The van der Waals surface area contributed by atoms with E-state index < -0.39 is 5.75 Å². The normalized spacial score (nSPS) is 11.4. The van der Waals surface area contributed by atoms with Crippen molar-refractivity contribution >= 4 is 5.91 Å². The number of hydrogen-bond acceptors (Lipinski definition) is 4. The van der Waals surface area contributed by atoms with Crippen LogP contribution in [0.2, 0.25) is 0 Å². The third-order valence-electron chi connectivity index (χ3n) is 10.2. The summed E-state index contributed by atoms with van der Waals surface area (Å²) in [5, 5.41) is 30.0. The van der Waals surface area contributed by atoms with Crippen molar-refractivity contribution in [2.24, 2.45) is 0 Å². The zero-order chi connectivity index (χ0) is 34.9. The number of rotatable bonds is 35. The first-order valence-corrected chi connectivity index (χ1v) is 21.0. The number of carbonyl (C=O) groups is 1. The Morgan fingerprint density at radius 1 is 0.396 bits per heavy atom. The van der Waals surface area contributed by atoms with Crippen LogP contribution in [0.25, 0.3) is 0 Å². The van der Waals surface area contributed by atoms with Gasteiger partial charge in [0.1, 0.15) is 5.75 Å². The van der Waals surface area contributed by atoms with Gasteiger partial charge in [-0.25, -0.2) is 0 Å². The van der Waals surface area contributed by atoms with Crippen LogP contribution in [0.5, 0.6) is 17.2 Å². The van der Waals surface area contributed by atoms with E-state index in [2.05, 4.69) is 13.8 Å². The topological polar surface area (TPSA) is 81.0 Å². The van der Waals surface area contributed by atoms with Crippen LogP contribution >= 0.6 is 0 Å². The second-order valence-corrected chi connectivity index (χ2v) is 14.8. The maximum Gasteiger partial charge on any atom is 0.257 e. The molecule has 0 heterocycles. The maximum atomic E-state index is 13.4. The number of phenols is 3. The minimum absolute atomic E-state index is 0.0679. The van der Waals surface area contributed by atoms with Gasteiger partial charge in [0.25, 0.3) is 5.91 Å². The smallest absolute Gasteiger partial charge is 0.257 e. The summed E-state index contributed by atoms with van der Waals surface area (Å²) in [7, 11) is 0. The van der Waals surface area contributed by atoms with Crippen molar-refractivity contribution in [2.75, 3.05) is 13.1 Å². The molecule has 1 rings (SSSR count).